The van der Waals surface area contributed by atoms with Crippen molar-refractivity contribution in [3.63, 3.8) is 0 Å². The summed E-state index contributed by atoms with van der Waals surface area (Å²) in [5.41, 5.74) is 5.29. The number of rotatable bonds is 1. The van der Waals surface area contributed by atoms with Gasteiger partial charge in [0.1, 0.15) is 11.8 Å². The fourth-order valence-electron chi connectivity index (χ4n) is 1.10. The fourth-order valence-corrected chi connectivity index (χ4v) is 1.10. The molecule has 0 spiro atoms. The summed E-state index contributed by atoms with van der Waals surface area (Å²) in [5, 5.41) is 9.19. The number of phenols is 1. The number of hydrogen-bond donors (Lipinski definition) is 2. The van der Waals surface area contributed by atoms with Gasteiger partial charge in [-0.25, -0.2) is 0 Å². The third kappa shape index (κ3) is 2.17. The molecule has 1 aromatic carbocycles. The molecule has 0 radical (unpaired) electrons. The highest BCUT2D eigenvalue weighted by Crippen LogP contribution is 2.35. The van der Waals surface area contributed by atoms with Crippen LogP contribution in [-0.4, -0.2) is 11.3 Å². The molecule has 78 valence electrons. The Kier molecular flexibility index (Phi) is 2.71. The number of halogens is 3. The predicted octanol–water partition coefficient (Wildman–Crippen LogP) is 2.26. The zero-order valence-electron chi connectivity index (χ0n) is 7.47. The molecule has 0 unspecified atom stereocenters. The predicted molar refractivity (Wildman–Crippen MR) is 45.8 cm³/mol. The molecule has 0 aliphatic heterocycles. The minimum atomic E-state index is -4.54. The van der Waals surface area contributed by atoms with E-state index < -0.39 is 18.0 Å². The molecule has 0 aromatic heterocycles. The van der Waals surface area contributed by atoms with E-state index in [0.29, 0.717) is 5.56 Å². The van der Waals surface area contributed by atoms with Crippen molar-refractivity contribution in [2.24, 2.45) is 5.73 Å². The molecular weight excluding hydrogens is 195 g/mol. The maximum Gasteiger partial charge on any atom is 0.407 e. The summed E-state index contributed by atoms with van der Waals surface area (Å²) in [7, 11) is 0. The van der Waals surface area contributed by atoms with Crippen LogP contribution in [-0.2, 0) is 0 Å². The second-order valence-corrected chi connectivity index (χ2v) is 3.08. The molecule has 5 heteroatoms. The molecule has 0 bridgehead atoms. The first kappa shape index (κ1) is 10.8. The van der Waals surface area contributed by atoms with E-state index in [-0.39, 0.29) is 5.56 Å². The van der Waals surface area contributed by atoms with Gasteiger partial charge in [-0.3, -0.25) is 0 Å². The summed E-state index contributed by atoms with van der Waals surface area (Å²) >= 11 is 0. The van der Waals surface area contributed by atoms with Gasteiger partial charge in [0.2, 0.25) is 0 Å². The van der Waals surface area contributed by atoms with E-state index in [1.165, 1.54) is 18.2 Å². The Morgan fingerprint density at radius 3 is 2.43 bits per heavy atom. The van der Waals surface area contributed by atoms with Crippen molar-refractivity contribution in [3.05, 3.63) is 29.3 Å². The molecule has 3 N–H and O–H groups in total. The Balaban J connectivity index is 3.12. The van der Waals surface area contributed by atoms with E-state index in [9.17, 15) is 18.3 Å². The third-order valence-corrected chi connectivity index (χ3v) is 1.87. The van der Waals surface area contributed by atoms with Crippen LogP contribution in [0.25, 0.3) is 0 Å². The average Bonchev–Trinajstić information content (AvgIpc) is 2.06. The zero-order chi connectivity index (χ0) is 10.9. The average molecular weight is 205 g/mol. The molecule has 0 amide bonds. The zero-order valence-corrected chi connectivity index (χ0v) is 7.47. The largest absolute Gasteiger partial charge is 0.508 e. The van der Waals surface area contributed by atoms with Crippen LogP contribution in [0.1, 0.15) is 17.2 Å². The lowest BCUT2D eigenvalue weighted by Crippen LogP contribution is -2.28. The molecule has 0 fully saturated rings. The smallest absolute Gasteiger partial charge is 0.407 e. The van der Waals surface area contributed by atoms with Crippen LogP contribution in [0.4, 0.5) is 13.2 Å². The Bertz CT molecular complexity index is 335. The van der Waals surface area contributed by atoms with E-state index in [0.717, 1.165) is 0 Å². The normalized spacial score (nSPS) is 14.1. The minimum Gasteiger partial charge on any atom is -0.508 e. The number of benzene rings is 1. The van der Waals surface area contributed by atoms with Crippen molar-refractivity contribution in [2.45, 2.75) is 19.1 Å². The Labute approximate surface area is 79.2 Å². The summed E-state index contributed by atoms with van der Waals surface area (Å²) in [6.07, 6.45) is -4.54. The molecule has 2 nitrogen and oxygen atoms in total. The highest BCUT2D eigenvalue weighted by atomic mass is 19.4. The lowest BCUT2D eigenvalue weighted by molar-refractivity contribution is -0.149. The van der Waals surface area contributed by atoms with Gasteiger partial charge in [0, 0.05) is 5.56 Å². The van der Waals surface area contributed by atoms with Crippen LogP contribution in [0, 0.1) is 6.92 Å². The lowest BCUT2D eigenvalue weighted by atomic mass is 10.0. The lowest BCUT2D eigenvalue weighted by Gasteiger charge is -2.17. The Morgan fingerprint density at radius 2 is 1.93 bits per heavy atom. The molecule has 1 atom stereocenters. The molecule has 1 aromatic rings. The monoisotopic (exact) mass is 205 g/mol. The van der Waals surface area contributed by atoms with Crippen molar-refractivity contribution >= 4 is 0 Å². The quantitative estimate of drug-likeness (QED) is 0.738. The number of aromatic hydroxyl groups is 1. The molecular formula is C9H10F3NO. The first-order valence-electron chi connectivity index (χ1n) is 3.94. The highest BCUT2D eigenvalue weighted by Gasteiger charge is 2.39. The number of phenolic OH excluding ortho intramolecular Hbond substituents is 1. The van der Waals surface area contributed by atoms with Crippen LogP contribution >= 0.6 is 0 Å². The van der Waals surface area contributed by atoms with Crippen molar-refractivity contribution in [1.82, 2.24) is 0 Å². The third-order valence-electron chi connectivity index (χ3n) is 1.87. The first-order valence-corrected chi connectivity index (χ1v) is 3.94. The Morgan fingerprint density at radius 1 is 1.36 bits per heavy atom. The van der Waals surface area contributed by atoms with Crippen molar-refractivity contribution in [3.8, 4) is 5.75 Å². The second kappa shape index (κ2) is 3.49. The van der Waals surface area contributed by atoms with Gasteiger partial charge in [0.05, 0.1) is 0 Å². The molecule has 14 heavy (non-hydrogen) atoms. The number of nitrogens with two attached hydrogens (primary N) is 1. The summed E-state index contributed by atoms with van der Waals surface area (Å²) in [4.78, 5) is 0. The van der Waals surface area contributed by atoms with Gasteiger partial charge in [-0.1, -0.05) is 17.7 Å². The number of hydrogen-bond acceptors (Lipinski definition) is 2. The van der Waals surface area contributed by atoms with Gasteiger partial charge in [0.25, 0.3) is 0 Å². The molecule has 0 aliphatic carbocycles. The molecule has 0 saturated carbocycles. The summed E-state index contributed by atoms with van der Waals surface area (Å²) in [6.45, 7) is 1.63. The second-order valence-electron chi connectivity index (χ2n) is 3.08. The fraction of sp³-hybridized carbons (Fsp3) is 0.333. The van der Waals surface area contributed by atoms with Gasteiger partial charge in [-0.2, -0.15) is 13.2 Å². The van der Waals surface area contributed by atoms with Crippen molar-refractivity contribution in [1.29, 1.82) is 0 Å². The van der Waals surface area contributed by atoms with Gasteiger partial charge in [-0.15, -0.1) is 0 Å². The van der Waals surface area contributed by atoms with Gasteiger partial charge in [0.15, 0.2) is 0 Å². The number of alkyl halides is 3. The van der Waals surface area contributed by atoms with E-state index in [1.807, 2.05) is 0 Å². The van der Waals surface area contributed by atoms with Crippen molar-refractivity contribution in [2.75, 3.05) is 0 Å². The van der Waals surface area contributed by atoms with E-state index in [4.69, 9.17) is 5.73 Å². The number of aryl methyl sites for hydroxylation is 1. The Hall–Kier alpha value is -1.23. The summed E-state index contributed by atoms with van der Waals surface area (Å²) in [6, 6.07) is 1.81. The molecule has 0 saturated heterocycles. The minimum absolute atomic E-state index is 0.294. The highest BCUT2D eigenvalue weighted by molar-refractivity contribution is 5.38. The van der Waals surface area contributed by atoms with Crippen LogP contribution in [0.2, 0.25) is 0 Å². The standard InChI is InChI=1S/C9H10F3NO/c1-5-2-3-7(14)6(4-5)8(13)9(10,11)12/h2-4,8,14H,13H2,1H3/t8-/m0/s1. The van der Waals surface area contributed by atoms with Crippen LogP contribution in [0.5, 0.6) is 5.75 Å². The van der Waals surface area contributed by atoms with Crippen LogP contribution in [0.3, 0.4) is 0 Å². The SMILES string of the molecule is Cc1ccc(O)c([C@H](N)C(F)(F)F)c1. The van der Waals surface area contributed by atoms with Gasteiger partial charge in [-0.05, 0) is 13.0 Å². The topological polar surface area (TPSA) is 46.2 Å². The maximum absolute atomic E-state index is 12.2. The van der Waals surface area contributed by atoms with Crippen molar-refractivity contribution < 1.29 is 18.3 Å². The first-order chi connectivity index (χ1) is 6.32. The molecule has 1 rings (SSSR count). The van der Waals surface area contributed by atoms with E-state index >= 15 is 0 Å². The van der Waals surface area contributed by atoms with Crippen LogP contribution in [0.15, 0.2) is 18.2 Å². The molecule has 0 aliphatic rings. The van der Waals surface area contributed by atoms with Crippen LogP contribution < -0.4 is 5.73 Å². The van der Waals surface area contributed by atoms with Gasteiger partial charge >= 0.3 is 6.18 Å². The van der Waals surface area contributed by atoms with Gasteiger partial charge < -0.3 is 10.8 Å². The summed E-state index contributed by atoms with van der Waals surface area (Å²) < 4.78 is 36.6. The molecule has 0 heterocycles. The summed E-state index contributed by atoms with van der Waals surface area (Å²) in [5.74, 6) is -0.430. The maximum atomic E-state index is 12.2. The van der Waals surface area contributed by atoms with E-state index in [1.54, 1.807) is 6.92 Å². The van der Waals surface area contributed by atoms with E-state index in [2.05, 4.69) is 0 Å².